The highest BCUT2D eigenvalue weighted by Crippen LogP contribution is 2.39. The Kier molecular flexibility index (Phi) is 4.62. The summed E-state index contributed by atoms with van der Waals surface area (Å²) in [5, 5.41) is 15.6. The Labute approximate surface area is 172 Å². The first-order valence-corrected chi connectivity index (χ1v) is 10.5. The molecule has 5 nitrogen and oxygen atoms in total. The van der Waals surface area contributed by atoms with Gasteiger partial charge in [0.2, 0.25) is 0 Å². The van der Waals surface area contributed by atoms with Gasteiger partial charge in [0, 0.05) is 40.2 Å². The van der Waals surface area contributed by atoms with Crippen LogP contribution in [0.25, 0.3) is 22.5 Å². The number of hydrogen-bond donors (Lipinski definition) is 3. The molecular formula is C23H20N4OS. The minimum atomic E-state index is -0.189. The molecule has 29 heavy (non-hydrogen) atoms. The molecule has 2 aromatic carbocycles. The van der Waals surface area contributed by atoms with Gasteiger partial charge in [0.05, 0.1) is 11.4 Å². The normalized spacial score (nSPS) is 11.7. The van der Waals surface area contributed by atoms with E-state index < -0.39 is 0 Å². The Hall–Kier alpha value is -3.38. The number of nitrogens with one attached hydrogen (secondary N) is 3. The largest absolute Gasteiger partial charge is 0.338 e. The van der Waals surface area contributed by atoms with Crippen LogP contribution in [-0.4, -0.2) is 22.8 Å². The van der Waals surface area contributed by atoms with Crippen molar-refractivity contribution in [3.05, 3.63) is 82.0 Å². The quantitative estimate of drug-likeness (QED) is 0.385. The first kappa shape index (κ1) is 17.7. The van der Waals surface area contributed by atoms with Crippen molar-refractivity contribution in [2.24, 2.45) is 0 Å². The number of hydrogen-bond acceptors (Lipinski definition) is 3. The lowest BCUT2D eigenvalue weighted by Crippen LogP contribution is -2.30. The van der Waals surface area contributed by atoms with Crippen molar-refractivity contribution in [3.63, 3.8) is 0 Å². The lowest BCUT2D eigenvalue weighted by atomic mass is 10.1. The van der Waals surface area contributed by atoms with E-state index in [2.05, 4.69) is 51.2 Å². The Morgan fingerprint density at radius 1 is 1.07 bits per heavy atom. The number of urea groups is 1. The van der Waals surface area contributed by atoms with Gasteiger partial charge >= 0.3 is 6.03 Å². The summed E-state index contributed by atoms with van der Waals surface area (Å²) in [7, 11) is 0. The van der Waals surface area contributed by atoms with Gasteiger partial charge in [0.15, 0.2) is 0 Å². The molecule has 3 N–H and O–H groups in total. The molecule has 5 rings (SSSR count). The lowest BCUT2D eigenvalue weighted by Gasteiger charge is -2.08. The number of carbonyl (C=O) groups is 1. The number of amides is 2. The Bertz CT molecular complexity index is 1150. The first-order chi connectivity index (χ1) is 14.3. The van der Waals surface area contributed by atoms with Crippen LogP contribution in [0, 0.1) is 0 Å². The molecule has 6 heteroatoms. The number of anilines is 1. The second-order valence-corrected chi connectivity index (χ2v) is 8.08. The maximum absolute atomic E-state index is 12.1. The number of nitrogens with zero attached hydrogens (tertiary/aromatic N) is 1. The van der Waals surface area contributed by atoms with Gasteiger partial charge in [-0.25, -0.2) is 4.79 Å². The molecule has 0 bridgehead atoms. The summed E-state index contributed by atoms with van der Waals surface area (Å²) >= 11 is 1.70. The van der Waals surface area contributed by atoms with Crippen LogP contribution in [-0.2, 0) is 12.8 Å². The fourth-order valence-corrected chi connectivity index (χ4v) is 4.46. The van der Waals surface area contributed by atoms with Gasteiger partial charge in [-0.05, 0) is 35.6 Å². The van der Waals surface area contributed by atoms with Crippen molar-refractivity contribution in [3.8, 4) is 22.5 Å². The van der Waals surface area contributed by atoms with Crippen molar-refractivity contribution in [1.29, 1.82) is 0 Å². The molecule has 144 valence electrons. The van der Waals surface area contributed by atoms with E-state index in [4.69, 9.17) is 0 Å². The summed E-state index contributed by atoms with van der Waals surface area (Å²) in [4.78, 5) is 13.4. The highest BCUT2D eigenvalue weighted by Gasteiger charge is 2.24. The van der Waals surface area contributed by atoms with Gasteiger partial charge in [0.25, 0.3) is 0 Å². The maximum atomic E-state index is 12.1. The zero-order chi connectivity index (χ0) is 19.6. The second kappa shape index (κ2) is 7.56. The number of H-pyrrole nitrogens is 1. The van der Waals surface area contributed by atoms with Crippen molar-refractivity contribution in [2.45, 2.75) is 12.8 Å². The third-order valence-corrected chi connectivity index (χ3v) is 6.11. The van der Waals surface area contributed by atoms with E-state index in [0.717, 1.165) is 35.5 Å². The Morgan fingerprint density at radius 3 is 2.76 bits per heavy atom. The summed E-state index contributed by atoms with van der Waals surface area (Å²) in [6.45, 7) is 0.615. The highest BCUT2D eigenvalue weighted by molar-refractivity contribution is 7.09. The summed E-state index contributed by atoms with van der Waals surface area (Å²) in [5.41, 5.74) is 7.69. The summed E-state index contributed by atoms with van der Waals surface area (Å²) in [6.07, 6.45) is 1.74. The molecule has 2 amide bonds. The number of fused-ring (bicyclic) bond motifs is 3. The van der Waals surface area contributed by atoms with Gasteiger partial charge in [-0.1, -0.05) is 42.5 Å². The van der Waals surface area contributed by atoms with Gasteiger partial charge < -0.3 is 10.6 Å². The predicted octanol–water partition coefficient (Wildman–Crippen LogP) is 5.07. The second-order valence-electron chi connectivity index (χ2n) is 7.05. The zero-order valence-corrected chi connectivity index (χ0v) is 16.6. The number of thiophene rings is 1. The van der Waals surface area contributed by atoms with Crippen LogP contribution < -0.4 is 10.6 Å². The van der Waals surface area contributed by atoms with Gasteiger partial charge in [-0.2, -0.15) is 5.10 Å². The molecule has 0 saturated carbocycles. The van der Waals surface area contributed by atoms with Crippen molar-refractivity contribution in [1.82, 2.24) is 15.5 Å². The van der Waals surface area contributed by atoms with E-state index >= 15 is 0 Å². The number of carbonyl (C=O) groups excluding carboxylic acids is 1. The standard InChI is InChI=1S/C23H20N4OS/c28-23(24-12-11-18-5-3-13-29-18)25-17-9-7-15(8-10-17)21-20-14-16-4-1-2-6-19(16)22(20)27-26-21/h1-10,13H,11-12,14H2,(H,26,27)(H2,24,25,28). The van der Waals surface area contributed by atoms with Crippen LogP contribution in [0.5, 0.6) is 0 Å². The van der Waals surface area contributed by atoms with E-state index in [1.54, 1.807) is 11.3 Å². The first-order valence-electron chi connectivity index (χ1n) is 9.61. The minimum absolute atomic E-state index is 0.189. The van der Waals surface area contributed by atoms with E-state index in [9.17, 15) is 4.79 Å². The average molecular weight is 401 g/mol. The molecule has 1 aliphatic rings. The topological polar surface area (TPSA) is 69.8 Å². The van der Waals surface area contributed by atoms with Crippen LogP contribution in [0.4, 0.5) is 10.5 Å². The fraction of sp³-hybridized carbons (Fsp3) is 0.130. The van der Waals surface area contributed by atoms with Gasteiger partial charge in [-0.3, -0.25) is 5.10 Å². The van der Waals surface area contributed by atoms with E-state index in [1.165, 1.54) is 21.6 Å². The third kappa shape index (κ3) is 3.54. The smallest absolute Gasteiger partial charge is 0.319 e. The molecule has 0 atom stereocenters. The molecule has 1 aliphatic carbocycles. The molecule has 0 spiro atoms. The molecule has 2 aromatic heterocycles. The number of aromatic nitrogens is 2. The SMILES string of the molecule is O=C(NCCc1cccs1)Nc1ccc(-c2n[nH]c3c2Cc2ccccc2-3)cc1. The summed E-state index contributed by atoms with van der Waals surface area (Å²) < 4.78 is 0. The predicted molar refractivity (Wildman–Crippen MR) is 117 cm³/mol. The van der Waals surface area contributed by atoms with Crippen LogP contribution in [0.2, 0.25) is 0 Å². The summed E-state index contributed by atoms with van der Waals surface area (Å²) in [6, 6.07) is 20.2. The van der Waals surface area contributed by atoms with Gasteiger partial charge in [-0.15, -0.1) is 11.3 Å². The highest BCUT2D eigenvalue weighted by atomic mass is 32.1. The molecule has 0 fully saturated rings. The van der Waals surface area contributed by atoms with Crippen LogP contribution in [0.3, 0.4) is 0 Å². The van der Waals surface area contributed by atoms with E-state index in [-0.39, 0.29) is 6.03 Å². The van der Waals surface area contributed by atoms with E-state index in [0.29, 0.717) is 6.54 Å². The van der Waals surface area contributed by atoms with Crippen LogP contribution in [0.15, 0.2) is 66.0 Å². The van der Waals surface area contributed by atoms with Gasteiger partial charge in [0.1, 0.15) is 0 Å². The number of aromatic amines is 1. The number of rotatable bonds is 5. The molecular weight excluding hydrogens is 380 g/mol. The summed E-state index contributed by atoms with van der Waals surface area (Å²) in [5.74, 6) is 0. The molecule has 0 radical (unpaired) electrons. The zero-order valence-electron chi connectivity index (χ0n) is 15.7. The lowest BCUT2D eigenvalue weighted by molar-refractivity contribution is 0.252. The van der Waals surface area contributed by atoms with E-state index in [1.807, 2.05) is 35.7 Å². The maximum Gasteiger partial charge on any atom is 0.319 e. The van der Waals surface area contributed by atoms with Crippen molar-refractivity contribution < 1.29 is 4.79 Å². The Balaban J connectivity index is 1.23. The van der Waals surface area contributed by atoms with Crippen molar-refractivity contribution in [2.75, 3.05) is 11.9 Å². The molecule has 0 aliphatic heterocycles. The van der Waals surface area contributed by atoms with Crippen LogP contribution >= 0.6 is 11.3 Å². The molecule has 2 heterocycles. The average Bonchev–Trinajstić information content (AvgIpc) is 3.45. The molecule has 4 aromatic rings. The minimum Gasteiger partial charge on any atom is -0.338 e. The monoisotopic (exact) mass is 400 g/mol. The Morgan fingerprint density at radius 2 is 1.93 bits per heavy atom. The molecule has 0 unspecified atom stereocenters. The number of benzene rings is 2. The van der Waals surface area contributed by atoms with Crippen LogP contribution in [0.1, 0.15) is 16.0 Å². The third-order valence-electron chi connectivity index (χ3n) is 5.17. The fourth-order valence-electron chi connectivity index (χ4n) is 3.75. The molecule has 0 saturated heterocycles. The van der Waals surface area contributed by atoms with Crippen molar-refractivity contribution >= 4 is 23.1 Å².